The Labute approximate surface area is 113 Å². The predicted octanol–water partition coefficient (Wildman–Crippen LogP) is 3.73. The summed E-state index contributed by atoms with van der Waals surface area (Å²) in [6.07, 6.45) is 11.0. The molecular weight excluding hydrogens is 278 g/mol. The Hall–Kier alpha value is -0.0500. The number of amides is 1. The van der Waals surface area contributed by atoms with Gasteiger partial charge in [0.2, 0.25) is 5.91 Å². The van der Waals surface area contributed by atoms with Crippen molar-refractivity contribution in [2.24, 2.45) is 5.92 Å². The monoisotopic (exact) mass is 301 g/mol. The Bertz CT molecular complexity index is 241. The lowest BCUT2D eigenvalue weighted by molar-refractivity contribution is -0.133. The van der Waals surface area contributed by atoms with Crippen molar-refractivity contribution in [2.45, 2.75) is 62.6 Å². The van der Waals surface area contributed by atoms with E-state index in [1.54, 1.807) is 0 Å². The van der Waals surface area contributed by atoms with E-state index in [9.17, 15) is 4.79 Å². The fourth-order valence-corrected chi connectivity index (χ4v) is 3.45. The third-order valence-corrected chi connectivity index (χ3v) is 5.13. The van der Waals surface area contributed by atoms with Gasteiger partial charge in [0.05, 0.1) is 0 Å². The number of carbonyl (C=O) groups is 1. The Kier molecular flexibility index (Phi) is 5.33. The van der Waals surface area contributed by atoms with E-state index in [0.717, 1.165) is 32.4 Å². The van der Waals surface area contributed by atoms with Crippen LogP contribution in [0.5, 0.6) is 0 Å². The average molecular weight is 302 g/mol. The maximum absolute atomic E-state index is 12.2. The zero-order chi connectivity index (χ0) is 12.1. The number of hydrogen-bond donors (Lipinski definition) is 0. The Balaban J connectivity index is 1.75. The molecule has 2 rings (SSSR count). The molecule has 1 amide bonds. The van der Waals surface area contributed by atoms with Gasteiger partial charge in [-0.15, -0.1) is 0 Å². The lowest BCUT2D eigenvalue weighted by Crippen LogP contribution is -2.39. The Morgan fingerprint density at radius 1 is 1.00 bits per heavy atom. The van der Waals surface area contributed by atoms with Gasteiger partial charge in [-0.05, 0) is 31.6 Å². The molecule has 2 nitrogen and oxygen atoms in total. The second kappa shape index (κ2) is 6.77. The van der Waals surface area contributed by atoms with E-state index in [0.29, 0.717) is 16.7 Å². The van der Waals surface area contributed by atoms with Crippen molar-refractivity contribution in [3.05, 3.63) is 0 Å². The highest BCUT2D eigenvalue weighted by Gasteiger charge is 2.23. The fraction of sp³-hybridized carbons (Fsp3) is 0.929. The zero-order valence-corrected chi connectivity index (χ0v) is 12.3. The lowest BCUT2D eigenvalue weighted by Gasteiger charge is -2.30. The third-order valence-electron chi connectivity index (χ3n) is 4.22. The number of hydrogen-bond acceptors (Lipinski definition) is 1. The first-order valence-corrected chi connectivity index (χ1v) is 8.09. The van der Waals surface area contributed by atoms with Gasteiger partial charge in [-0.25, -0.2) is 0 Å². The van der Waals surface area contributed by atoms with E-state index >= 15 is 0 Å². The van der Waals surface area contributed by atoms with Crippen LogP contribution in [-0.2, 0) is 4.79 Å². The van der Waals surface area contributed by atoms with Gasteiger partial charge in [0.1, 0.15) is 0 Å². The van der Waals surface area contributed by atoms with Crippen molar-refractivity contribution < 1.29 is 4.79 Å². The van der Waals surface area contributed by atoms with Crippen molar-refractivity contribution in [2.75, 3.05) is 13.1 Å². The number of alkyl halides is 1. The van der Waals surface area contributed by atoms with E-state index in [1.807, 2.05) is 0 Å². The second-order valence-electron chi connectivity index (χ2n) is 5.62. The average Bonchev–Trinajstić information content (AvgIpc) is 2.58. The molecule has 0 aromatic rings. The summed E-state index contributed by atoms with van der Waals surface area (Å²) in [6.45, 7) is 1.92. The summed E-state index contributed by atoms with van der Waals surface area (Å²) in [5, 5.41) is 0. The van der Waals surface area contributed by atoms with E-state index in [2.05, 4.69) is 20.8 Å². The van der Waals surface area contributed by atoms with Gasteiger partial charge in [-0.3, -0.25) is 4.79 Å². The van der Waals surface area contributed by atoms with Crippen LogP contribution in [0.3, 0.4) is 0 Å². The van der Waals surface area contributed by atoms with Gasteiger partial charge in [0, 0.05) is 24.3 Å². The summed E-state index contributed by atoms with van der Waals surface area (Å²) < 4.78 is 0. The standard InChI is InChI=1S/C14H24BrNO/c15-13-7-9-16(10-8-13)14(17)11-12-5-3-1-2-4-6-12/h12-13H,1-11H2. The summed E-state index contributed by atoms with van der Waals surface area (Å²) in [6, 6.07) is 0. The number of likely N-dealkylation sites (tertiary alicyclic amines) is 1. The molecule has 0 bridgehead atoms. The predicted molar refractivity (Wildman–Crippen MR) is 74.3 cm³/mol. The molecule has 0 aromatic heterocycles. The Morgan fingerprint density at radius 2 is 1.59 bits per heavy atom. The summed E-state index contributed by atoms with van der Waals surface area (Å²) in [4.78, 5) is 14.9. The molecule has 17 heavy (non-hydrogen) atoms. The minimum Gasteiger partial charge on any atom is -0.343 e. The third kappa shape index (κ3) is 4.27. The number of piperidine rings is 1. The van der Waals surface area contributed by atoms with Crippen molar-refractivity contribution in [3.8, 4) is 0 Å². The van der Waals surface area contributed by atoms with Crippen LogP contribution in [0, 0.1) is 5.92 Å². The van der Waals surface area contributed by atoms with Crippen molar-refractivity contribution in [1.82, 2.24) is 4.90 Å². The first kappa shape index (κ1) is 13.4. The molecule has 1 saturated heterocycles. The van der Waals surface area contributed by atoms with Crippen molar-refractivity contribution >= 4 is 21.8 Å². The highest BCUT2D eigenvalue weighted by molar-refractivity contribution is 9.09. The van der Waals surface area contributed by atoms with Crippen LogP contribution in [0.2, 0.25) is 0 Å². The van der Waals surface area contributed by atoms with Crippen molar-refractivity contribution in [1.29, 1.82) is 0 Å². The summed E-state index contributed by atoms with van der Waals surface area (Å²) in [5.41, 5.74) is 0. The van der Waals surface area contributed by atoms with E-state index in [1.165, 1.54) is 38.5 Å². The Morgan fingerprint density at radius 3 is 2.18 bits per heavy atom. The normalized spacial score (nSPS) is 24.6. The molecule has 1 heterocycles. The molecule has 3 heteroatoms. The smallest absolute Gasteiger partial charge is 0.222 e. The first-order valence-electron chi connectivity index (χ1n) is 7.17. The van der Waals surface area contributed by atoms with Crippen LogP contribution in [0.1, 0.15) is 57.8 Å². The van der Waals surface area contributed by atoms with E-state index < -0.39 is 0 Å². The lowest BCUT2D eigenvalue weighted by atomic mass is 9.95. The summed E-state index contributed by atoms with van der Waals surface area (Å²) >= 11 is 3.64. The van der Waals surface area contributed by atoms with Crippen molar-refractivity contribution in [3.63, 3.8) is 0 Å². The van der Waals surface area contributed by atoms with Gasteiger partial charge < -0.3 is 4.90 Å². The number of nitrogens with zero attached hydrogens (tertiary/aromatic N) is 1. The molecule has 2 fully saturated rings. The van der Waals surface area contributed by atoms with Crippen LogP contribution >= 0.6 is 15.9 Å². The molecule has 1 saturated carbocycles. The molecule has 0 aromatic carbocycles. The largest absolute Gasteiger partial charge is 0.343 e. The van der Waals surface area contributed by atoms with E-state index in [4.69, 9.17) is 0 Å². The van der Waals surface area contributed by atoms with E-state index in [-0.39, 0.29) is 0 Å². The molecule has 0 spiro atoms. The SMILES string of the molecule is O=C(CC1CCCCCC1)N1CCC(Br)CC1. The minimum absolute atomic E-state index is 0.413. The molecule has 0 unspecified atom stereocenters. The first-order chi connectivity index (χ1) is 8.25. The molecule has 1 aliphatic carbocycles. The molecule has 2 aliphatic rings. The van der Waals surface area contributed by atoms with Crippen LogP contribution in [0.15, 0.2) is 0 Å². The number of carbonyl (C=O) groups excluding carboxylic acids is 1. The highest BCUT2D eigenvalue weighted by atomic mass is 79.9. The summed E-state index contributed by atoms with van der Waals surface area (Å²) in [5.74, 6) is 1.09. The number of halogens is 1. The maximum Gasteiger partial charge on any atom is 0.222 e. The van der Waals surface area contributed by atoms with Gasteiger partial charge in [0.15, 0.2) is 0 Å². The highest BCUT2D eigenvalue weighted by Crippen LogP contribution is 2.27. The molecule has 0 atom stereocenters. The molecule has 0 radical (unpaired) electrons. The maximum atomic E-state index is 12.2. The number of rotatable bonds is 2. The molecule has 1 aliphatic heterocycles. The van der Waals surface area contributed by atoms with Gasteiger partial charge in [-0.2, -0.15) is 0 Å². The topological polar surface area (TPSA) is 20.3 Å². The minimum atomic E-state index is 0.413. The summed E-state index contributed by atoms with van der Waals surface area (Å²) in [7, 11) is 0. The van der Waals surface area contributed by atoms with Gasteiger partial charge >= 0.3 is 0 Å². The van der Waals surface area contributed by atoms with Gasteiger partial charge in [0.25, 0.3) is 0 Å². The zero-order valence-electron chi connectivity index (χ0n) is 10.7. The van der Waals surface area contributed by atoms with Crippen LogP contribution in [0.25, 0.3) is 0 Å². The van der Waals surface area contributed by atoms with Gasteiger partial charge in [-0.1, -0.05) is 41.6 Å². The quantitative estimate of drug-likeness (QED) is 0.562. The van der Waals surface area contributed by atoms with Crippen LogP contribution < -0.4 is 0 Å². The molecular formula is C14H24BrNO. The van der Waals surface area contributed by atoms with Crippen LogP contribution in [-0.4, -0.2) is 28.7 Å². The van der Waals surface area contributed by atoms with Crippen LogP contribution in [0.4, 0.5) is 0 Å². The molecule has 0 N–H and O–H groups in total. The second-order valence-corrected chi connectivity index (χ2v) is 6.91. The fourth-order valence-electron chi connectivity index (χ4n) is 3.04. The molecule has 98 valence electrons.